The maximum atomic E-state index is 6.73. The molecule has 9 rings (SSSR count). The van der Waals surface area contributed by atoms with Crippen molar-refractivity contribution >= 4 is 54.6 Å². The number of aryl methyl sites for hydroxylation is 3. The molecular formula is C39H27BO2S. The van der Waals surface area contributed by atoms with Gasteiger partial charge in [0.15, 0.2) is 0 Å². The molecule has 0 aliphatic carbocycles. The number of ether oxygens (including phenoxy) is 2. The molecule has 0 unspecified atom stereocenters. The molecule has 0 fully saturated rings. The Balaban J connectivity index is 1.24. The summed E-state index contributed by atoms with van der Waals surface area (Å²) in [5.41, 5.74) is 11.8. The first-order valence-electron chi connectivity index (χ1n) is 14.8. The van der Waals surface area contributed by atoms with Crippen LogP contribution in [0.2, 0.25) is 0 Å². The van der Waals surface area contributed by atoms with Crippen LogP contribution in [0.4, 0.5) is 0 Å². The van der Waals surface area contributed by atoms with Gasteiger partial charge in [-0.1, -0.05) is 91.0 Å². The van der Waals surface area contributed by atoms with Crippen molar-refractivity contribution < 1.29 is 9.47 Å². The summed E-state index contributed by atoms with van der Waals surface area (Å²) in [6.45, 7) is 6.53. The second-order valence-electron chi connectivity index (χ2n) is 11.8. The van der Waals surface area contributed by atoms with Gasteiger partial charge in [-0.25, -0.2) is 0 Å². The smallest absolute Gasteiger partial charge is 0.260 e. The molecule has 0 spiro atoms. The molecule has 1 aromatic heterocycles. The van der Waals surface area contributed by atoms with Crippen LogP contribution in [-0.2, 0) is 0 Å². The predicted molar refractivity (Wildman–Crippen MR) is 182 cm³/mol. The third-order valence-corrected chi connectivity index (χ3v) is 10.5. The number of para-hydroxylation sites is 2. The van der Waals surface area contributed by atoms with E-state index in [1.165, 1.54) is 47.8 Å². The number of hydrogen-bond donors (Lipinski definition) is 0. The first-order valence-corrected chi connectivity index (χ1v) is 15.6. The molecule has 2 aliphatic heterocycles. The fourth-order valence-corrected chi connectivity index (χ4v) is 8.30. The number of benzene rings is 6. The number of hydrogen-bond acceptors (Lipinski definition) is 3. The first-order chi connectivity index (χ1) is 21.0. The van der Waals surface area contributed by atoms with Gasteiger partial charge in [0.1, 0.15) is 23.0 Å². The van der Waals surface area contributed by atoms with Crippen LogP contribution in [0, 0.1) is 20.8 Å². The molecule has 4 heteroatoms. The van der Waals surface area contributed by atoms with Crippen LogP contribution in [-0.4, -0.2) is 6.71 Å². The third-order valence-electron chi connectivity index (χ3n) is 9.17. The van der Waals surface area contributed by atoms with Gasteiger partial charge in [0.2, 0.25) is 0 Å². The highest BCUT2D eigenvalue weighted by atomic mass is 32.1. The summed E-state index contributed by atoms with van der Waals surface area (Å²) in [5, 5.41) is 2.66. The zero-order valence-electron chi connectivity index (χ0n) is 24.2. The lowest BCUT2D eigenvalue weighted by atomic mass is 9.34. The topological polar surface area (TPSA) is 18.5 Å². The maximum Gasteiger partial charge on any atom is 0.260 e. The first kappa shape index (κ1) is 24.8. The van der Waals surface area contributed by atoms with E-state index in [0.29, 0.717) is 0 Å². The minimum absolute atomic E-state index is 0.0698. The zero-order chi connectivity index (χ0) is 28.8. The van der Waals surface area contributed by atoms with Crippen LogP contribution < -0.4 is 25.9 Å². The molecule has 0 bridgehead atoms. The third kappa shape index (κ3) is 3.60. The van der Waals surface area contributed by atoms with Crippen LogP contribution in [0.25, 0.3) is 42.4 Å². The van der Waals surface area contributed by atoms with Crippen molar-refractivity contribution in [3.8, 4) is 45.3 Å². The van der Waals surface area contributed by atoms with Crippen molar-refractivity contribution in [2.75, 3.05) is 0 Å². The number of thiophene rings is 1. The van der Waals surface area contributed by atoms with Gasteiger partial charge < -0.3 is 9.47 Å². The van der Waals surface area contributed by atoms with Crippen molar-refractivity contribution in [2.24, 2.45) is 0 Å². The van der Waals surface area contributed by atoms with Gasteiger partial charge in [-0.2, -0.15) is 0 Å². The van der Waals surface area contributed by atoms with E-state index >= 15 is 0 Å². The molecule has 2 nitrogen and oxygen atoms in total. The molecule has 0 saturated carbocycles. The number of rotatable bonds is 2. The van der Waals surface area contributed by atoms with Gasteiger partial charge in [-0.15, -0.1) is 11.3 Å². The summed E-state index contributed by atoms with van der Waals surface area (Å²) in [5.74, 6) is 3.65. The normalized spacial score (nSPS) is 12.9. The van der Waals surface area contributed by atoms with Crippen molar-refractivity contribution in [1.82, 2.24) is 0 Å². The van der Waals surface area contributed by atoms with Gasteiger partial charge in [0.25, 0.3) is 6.71 Å². The molecule has 6 aromatic carbocycles. The highest BCUT2D eigenvalue weighted by molar-refractivity contribution is 7.26. The molecule has 3 heterocycles. The van der Waals surface area contributed by atoms with Gasteiger partial charge in [-0.3, -0.25) is 0 Å². The average Bonchev–Trinajstić information content (AvgIpc) is 3.41. The van der Waals surface area contributed by atoms with E-state index in [9.17, 15) is 0 Å². The zero-order valence-corrected chi connectivity index (χ0v) is 25.0. The van der Waals surface area contributed by atoms with E-state index in [1.807, 2.05) is 11.3 Å². The fourth-order valence-electron chi connectivity index (χ4n) is 7.09. The lowest BCUT2D eigenvalue weighted by Gasteiger charge is -2.34. The SMILES string of the molecule is Cc1cccc2c1Oc1cc(-c3ccccc3-c3ccc4c(c3)sc3c(C)cccc34)cc3c1B2c1cccc(C)c1O3. The molecular weight excluding hydrogens is 543 g/mol. The van der Waals surface area contributed by atoms with E-state index in [4.69, 9.17) is 9.47 Å². The molecule has 204 valence electrons. The van der Waals surface area contributed by atoms with Crippen LogP contribution in [0.15, 0.2) is 109 Å². The summed E-state index contributed by atoms with van der Waals surface area (Å²) >= 11 is 1.88. The largest absolute Gasteiger partial charge is 0.458 e. The molecule has 0 radical (unpaired) electrons. The Labute approximate surface area is 255 Å². The Morgan fingerprint density at radius 2 is 1.14 bits per heavy atom. The van der Waals surface area contributed by atoms with E-state index in [0.717, 1.165) is 50.7 Å². The van der Waals surface area contributed by atoms with Gasteiger partial charge in [0, 0.05) is 25.6 Å². The summed E-state index contributed by atoms with van der Waals surface area (Å²) < 4.78 is 16.1. The molecule has 7 aromatic rings. The molecule has 43 heavy (non-hydrogen) atoms. The van der Waals surface area contributed by atoms with Gasteiger partial charge >= 0.3 is 0 Å². The van der Waals surface area contributed by atoms with Crippen LogP contribution in [0.3, 0.4) is 0 Å². The molecule has 0 saturated heterocycles. The minimum Gasteiger partial charge on any atom is -0.458 e. The second kappa shape index (κ2) is 9.10. The molecule has 0 N–H and O–H groups in total. The standard InChI is InChI=1S/C39H27BO2S/c1-22-9-7-15-31-37(22)41-33-19-26(20-34-36(33)40(31)32-16-8-10-23(2)38(32)42-34)28-13-5-4-12-27(28)25-17-18-29-30-14-6-11-24(3)39(30)43-35(29)21-25/h4-21H,1-3H3. The summed E-state index contributed by atoms with van der Waals surface area (Å²) in [6.07, 6.45) is 0. The summed E-state index contributed by atoms with van der Waals surface area (Å²) in [6, 6.07) is 39.5. The quantitative estimate of drug-likeness (QED) is 0.193. The van der Waals surface area contributed by atoms with Crippen molar-refractivity contribution in [3.05, 3.63) is 126 Å². The van der Waals surface area contributed by atoms with Crippen LogP contribution in [0.5, 0.6) is 23.0 Å². The Bertz CT molecular complexity index is 2220. The van der Waals surface area contributed by atoms with Crippen LogP contribution in [0.1, 0.15) is 16.7 Å². The molecule has 0 atom stereocenters. The van der Waals surface area contributed by atoms with Crippen molar-refractivity contribution in [2.45, 2.75) is 20.8 Å². The highest BCUT2D eigenvalue weighted by Gasteiger charge is 2.41. The van der Waals surface area contributed by atoms with Gasteiger partial charge in [0.05, 0.1) is 0 Å². The minimum atomic E-state index is 0.0698. The summed E-state index contributed by atoms with van der Waals surface area (Å²) in [4.78, 5) is 0. The Morgan fingerprint density at radius 3 is 1.81 bits per heavy atom. The summed E-state index contributed by atoms with van der Waals surface area (Å²) in [7, 11) is 0. The second-order valence-corrected chi connectivity index (χ2v) is 12.9. The lowest BCUT2D eigenvalue weighted by molar-refractivity contribution is 0.461. The number of fused-ring (bicyclic) bond motifs is 7. The van der Waals surface area contributed by atoms with E-state index < -0.39 is 0 Å². The Kier molecular flexibility index (Phi) is 5.24. The van der Waals surface area contributed by atoms with Crippen LogP contribution >= 0.6 is 11.3 Å². The highest BCUT2D eigenvalue weighted by Crippen LogP contribution is 2.43. The lowest BCUT2D eigenvalue weighted by Crippen LogP contribution is -2.57. The Hall–Kier alpha value is -4.80. The monoisotopic (exact) mass is 570 g/mol. The maximum absolute atomic E-state index is 6.73. The molecule has 2 aliphatic rings. The average molecular weight is 571 g/mol. The van der Waals surface area contributed by atoms with Gasteiger partial charge in [-0.05, 0) is 88.8 Å². The van der Waals surface area contributed by atoms with Crippen molar-refractivity contribution in [1.29, 1.82) is 0 Å². The predicted octanol–water partition coefficient (Wildman–Crippen LogP) is 9.04. The fraction of sp³-hybridized carbons (Fsp3) is 0.0769. The molecule has 0 amide bonds. The Morgan fingerprint density at radius 1 is 0.535 bits per heavy atom. The van der Waals surface area contributed by atoms with E-state index in [2.05, 4.69) is 130 Å². The van der Waals surface area contributed by atoms with E-state index in [-0.39, 0.29) is 6.71 Å². The van der Waals surface area contributed by atoms with E-state index in [1.54, 1.807) is 0 Å². The van der Waals surface area contributed by atoms with Crippen molar-refractivity contribution in [3.63, 3.8) is 0 Å².